The molecule has 0 unspecified atom stereocenters. The normalized spacial score (nSPS) is 10.9. The first-order valence-corrected chi connectivity index (χ1v) is 11.0. The number of ketones is 1. The molecule has 0 bridgehead atoms. The van der Waals surface area contributed by atoms with E-state index in [1.54, 1.807) is 24.3 Å². The lowest BCUT2D eigenvalue weighted by Gasteiger charge is -2.09. The molecule has 8 heteroatoms. The number of rotatable bonds is 9. The van der Waals surface area contributed by atoms with Gasteiger partial charge in [0, 0.05) is 23.9 Å². The average molecular weight is 439 g/mol. The standard InChI is InChI=1S/C23H26N4O3S/c1-15(2)13-30-20-10-8-17(9-11-20)22-25-26-23(27(22)4)31-14-21(29)24-19-7-5-6-18(12-19)16(3)28/h5-12,15H,13-14H2,1-4H3,(H,24,29). The van der Waals surface area contributed by atoms with Crippen molar-refractivity contribution in [3.05, 3.63) is 54.1 Å². The van der Waals surface area contributed by atoms with E-state index in [0.717, 1.165) is 11.3 Å². The maximum Gasteiger partial charge on any atom is 0.234 e. The average Bonchev–Trinajstić information content (AvgIpc) is 3.11. The van der Waals surface area contributed by atoms with E-state index in [1.807, 2.05) is 35.9 Å². The largest absolute Gasteiger partial charge is 0.493 e. The minimum atomic E-state index is -0.179. The maximum atomic E-state index is 12.3. The fourth-order valence-electron chi connectivity index (χ4n) is 2.80. The molecular formula is C23H26N4O3S. The minimum Gasteiger partial charge on any atom is -0.493 e. The second-order valence-corrected chi connectivity index (χ2v) is 8.51. The summed E-state index contributed by atoms with van der Waals surface area (Å²) in [5, 5.41) is 11.9. The smallest absolute Gasteiger partial charge is 0.234 e. The number of hydrogen-bond donors (Lipinski definition) is 1. The van der Waals surface area contributed by atoms with E-state index in [1.165, 1.54) is 18.7 Å². The Hall–Kier alpha value is -3.13. The Bertz CT molecular complexity index is 1060. The maximum absolute atomic E-state index is 12.3. The number of anilines is 1. The molecule has 0 fully saturated rings. The monoisotopic (exact) mass is 438 g/mol. The lowest BCUT2D eigenvalue weighted by atomic mass is 10.1. The summed E-state index contributed by atoms with van der Waals surface area (Å²) in [7, 11) is 1.87. The van der Waals surface area contributed by atoms with Gasteiger partial charge in [0.05, 0.1) is 12.4 Å². The van der Waals surface area contributed by atoms with Gasteiger partial charge < -0.3 is 14.6 Å². The van der Waals surface area contributed by atoms with E-state index in [-0.39, 0.29) is 17.4 Å². The van der Waals surface area contributed by atoms with E-state index in [9.17, 15) is 9.59 Å². The Labute approximate surface area is 186 Å². The number of benzene rings is 2. The zero-order valence-electron chi connectivity index (χ0n) is 18.1. The summed E-state index contributed by atoms with van der Waals surface area (Å²) in [5.41, 5.74) is 2.07. The van der Waals surface area contributed by atoms with Gasteiger partial charge in [-0.3, -0.25) is 9.59 Å². The van der Waals surface area contributed by atoms with Crippen LogP contribution < -0.4 is 10.1 Å². The summed E-state index contributed by atoms with van der Waals surface area (Å²) in [5.74, 6) is 1.96. The van der Waals surface area contributed by atoms with Gasteiger partial charge >= 0.3 is 0 Å². The number of Topliss-reactive ketones (excluding diaryl/α,β-unsaturated/α-hetero) is 1. The van der Waals surface area contributed by atoms with Crippen LogP contribution in [0.2, 0.25) is 0 Å². The minimum absolute atomic E-state index is 0.0448. The van der Waals surface area contributed by atoms with Crippen LogP contribution in [0.15, 0.2) is 53.7 Å². The van der Waals surface area contributed by atoms with Crippen molar-refractivity contribution in [2.24, 2.45) is 13.0 Å². The predicted octanol–water partition coefficient (Wildman–Crippen LogP) is 4.45. The van der Waals surface area contributed by atoms with Gasteiger partial charge in [0.1, 0.15) is 5.75 Å². The fraction of sp³-hybridized carbons (Fsp3) is 0.304. The summed E-state index contributed by atoms with van der Waals surface area (Å²) in [6.07, 6.45) is 0. The second kappa shape index (κ2) is 10.3. The summed E-state index contributed by atoms with van der Waals surface area (Å²) in [4.78, 5) is 23.8. The number of ether oxygens (including phenoxy) is 1. The van der Waals surface area contributed by atoms with E-state index < -0.39 is 0 Å². The van der Waals surface area contributed by atoms with Gasteiger partial charge in [-0.2, -0.15) is 0 Å². The molecule has 3 aromatic rings. The van der Waals surface area contributed by atoms with Crippen molar-refractivity contribution in [1.29, 1.82) is 0 Å². The molecule has 0 radical (unpaired) electrons. The first-order chi connectivity index (χ1) is 14.8. The Balaban J connectivity index is 1.59. The lowest BCUT2D eigenvalue weighted by Crippen LogP contribution is -2.14. The van der Waals surface area contributed by atoms with Crippen LogP contribution in [-0.4, -0.2) is 38.8 Å². The molecule has 0 saturated heterocycles. The van der Waals surface area contributed by atoms with Gasteiger partial charge in [-0.15, -0.1) is 10.2 Å². The molecule has 0 saturated carbocycles. The van der Waals surface area contributed by atoms with Crippen LogP contribution >= 0.6 is 11.8 Å². The van der Waals surface area contributed by atoms with Crippen molar-refractivity contribution in [3.8, 4) is 17.1 Å². The Morgan fingerprint density at radius 2 is 1.87 bits per heavy atom. The van der Waals surface area contributed by atoms with Gasteiger partial charge in [0.25, 0.3) is 0 Å². The van der Waals surface area contributed by atoms with Crippen LogP contribution in [-0.2, 0) is 11.8 Å². The molecule has 3 rings (SSSR count). The van der Waals surface area contributed by atoms with Gasteiger partial charge in [0.2, 0.25) is 5.91 Å². The van der Waals surface area contributed by atoms with Crippen LogP contribution in [0.4, 0.5) is 5.69 Å². The van der Waals surface area contributed by atoms with E-state index >= 15 is 0 Å². The topological polar surface area (TPSA) is 86.1 Å². The predicted molar refractivity (Wildman–Crippen MR) is 123 cm³/mol. The molecule has 1 aromatic heterocycles. The van der Waals surface area contributed by atoms with Gasteiger partial charge in [-0.25, -0.2) is 0 Å². The van der Waals surface area contributed by atoms with Gasteiger partial charge in [-0.1, -0.05) is 37.7 Å². The van der Waals surface area contributed by atoms with Crippen LogP contribution in [0, 0.1) is 5.92 Å². The number of carbonyl (C=O) groups excluding carboxylic acids is 2. The van der Waals surface area contributed by atoms with Crippen molar-refractivity contribution >= 4 is 29.1 Å². The first kappa shape index (κ1) is 22.6. The molecule has 2 aromatic carbocycles. The lowest BCUT2D eigenvalue weighted by molar-refractivity contribution is -0.113. The number of aromatic nitrogens is 3. The fourth-order valence-corrected chi connectivity index (χ4v) is 3.51. The van der Waals surface area contributed by atoms with E-state index in [2.05, 4.69) is 29.4 Å². The first-order valence-electron chi connectivity index (χ1n) is 9.99. The number of nitrogens with zero attached hydrogens (tertiary/aromatic N) is 3. The summed E-state index contributed by atoms with van der Waals surface area (Å²) in [6, 6.07) is 14.6. The highest BCUT2D eigenvalue weighted by Gasteiger charge is 2.13. The summed E-state index contributed by atoms with van der Waals surface area (Å²) in [6.45, 7) is 6.38. The van der Waals surface area contributed by atoms with Crippen LogP contribution in [0.1, 0.15) is 31.1 Å². The summed E-state index contributed by atoms with van der Waals surface area (Å²) < 4.78 is 7.58. The molecule has 0 spiro atoms. The molecule has 0 aliphatic rings. The number of hydrogen-bond acceptors (Lipinski definition) is 6. The molecule has 0 aliphatic carbocycles. The summed E-state index contributed by atoms with van der Waals surface area (Å²) >= 11 is 1.30. The molecule has 7 nitrogen and oxygen atoms in total. The van der Waals surface area contributed by atoms with E-state index in [4.69, 9.17) is 4.74 Å². The number of thioether (sulfide) groups is 1. The Morgan fingerprint density at radius 1 is 1.13 bits per heavy atom. The third-order valence-corrected chi connectivity index (χ3v) is 5.44. The highest BCUT2D eigenvalue weighted by molar-refractivity contribution is 7.99. The molecule has 31 heavy (non-hydrogen) atoms. The van der Waals surface area contributed by atoms with Crippen LogP contribution in [0.25, 0.3) is 11.4 Å². The second-order valence-electron chi connectivity index (χ2n) is 7.57. The van der Waals surface area contributed by atoms with Gasteiger partial charge in [0.15, 0.2) is 16.8 Å². The molecule has 1 N–H and O–H groups in total. The van der Waals surface area contributed by atoms with Crippen molar-refractivity contribution in [1.82, 2.24) is 14.8 Å². The number of nitrogens with one attached hydrogen (secondary N) is 1. The zero-order valence-corrected chi connectivity index (χ0v) is 18.9. The molecule has 1 heterocycles. The Kier molecular flexibility index (Phi) is 7.46. The molecule has 0 atom stereocenters. The molecule has 0 aliphatic heterocycles. The zero-order chi connectivity index (χ0) is 22.4. The van der Waals surface area contributed by atoms with Crippen molar-refractivity contribution in [2.45, 2.75) is 25.9 Å². The highest BCUT2D eigenvalue weighted by atomic mass is 32.2. The van der Waals surface area contributed by atoms with Gasteiger partial charge in [-0.05, 0) is 49.2 Å². The Morgan fingerprint density at radius 3 is 2.55 bits per heavy atom. The molecule has 1 amide bonds. The highest BCUT2D eigenvalue weighted by Crippen LogP contribution is 2.25. The van der Waals surface area contributed by atoms with E-state index in [0.29, 0.717) is 34.8 Å². The SMILES string of the molecule is CC(=O)c1cccc(NC(=O)CSc2nnc(-c3ccc(OCC(C)C)cc3)n2C)c1. The third-order valence-electron chi connectivity index (χ3n) is 4.42. The number of amides is 1. The van der Waals surface area contributed by atoms with Crippen molar-refractivity contribution in [2.75, 3.05) is 17.7 Å². The van der Waals surface area contributed by atoms with Crippen molar-refractivity contribution < 1.29 is 14.3 Å². The molecular weight excluding hydrogens is 412 g/mol. The quantitative estimate of drug-likeness (QED) is 0.392. The van der Waals surface area contributed by atoms with Crippen LogP contribution in [0.3, 0.4) is 0 Å². The van der Waals surface area contributed by atoms with Crippen LogP contribution in [0.5, 0.6) is 5.75 Å². The third kappa shape index (κ3) is 6.18. The molecule has 162 valence electrons. The van der Waals surface area contributed by atoms with Crippen molar-refractivity contribution in [3.63, 3.8) is 0 Å². The number of carbonyl (C=O) groups is 2.